The van der Waals surface area contributed by atoms with Gasteiger partial charge in [0.05, 0.1) is 17.2 Å². The number of nitrogens with one attached hydrogen (secondary N) is 1. The van der Waals surface area contributed by atoms with Gasteiger partial charge in [-0.25, -0.2) is 9.59 Å². The van der Waals surface area contributed by atoms with Gasteiger partial charge in [0.1, 0.15) is 18.9 Å². The van der Waals surface area contributed by atoms with Crippen LogP contribution in [0.1, 0.15) is 28.6 Å². The summed E-state index contributed by atoms with van der Waals surface area (Å²) in [6, 6.07) is 6.92. The Hall–Kier alpha value is -2.69. The molecule has 1 aliphatic rings. The lowest BCUT2D eigenvalue weighted by molar-refractivity contribution is -0.0532. The van der Waals surface area contributed by atoms with Gasteiger partial charge in [0.25, 0.3) is 5.56 Å². The number of carbonyl (C=O) groups is 1. The minimum Gasteiger partial charge on any atom is -0.459 e. The fourth-order valence-electron chi connectivity index (χ4n) is 3.07. The maximum Gasteiger partial charge on any atom is 0.338 e. The zero-order valence-corrected chi connectivity index (χ0v) is 18.0. The van der Waals surface area contributed by atoms with E-state index in [-0.39, 0.29) is 18.6 Å². The first-order valence-corrected chi connectivity index (χ1v) is 10.1. The Bertz CT molecular complexity index is 1040. The van der Waals surface area contributed by atoms with Crippen molar-refractivity contribution in [3.63, 3.8) is 0 Å². The highest BCUT2D eigenvalue weighted by molar-refractivity contribution is 9.11. The van der Waals surface area contributed by atoms with Crippen LogP contribution in [0.2, 0.25) is 0 Å². The molecule has 1 aromatic heterocycles. The molecule has 30 heavy (non-hydrogen) atoms. The highest BCUT2D eigenvalue weighted by Gasteiger charge is 2.36. The molecule has 3 rings (SSSR count). The lowest BCUT2D eigenvalue weighted by Crippen LogP contribution is -2.33. The predicted molar refractivity (Wildman–Crippen MR) is 115 cm³/mol. The Balaban J connectivity index is 1.66. The molecule has 0 unspecified atom stereocenters. The second-order valence-corrected chi connectivity index (χ2v) is 7.54. The predicted octanol–water partition coefficient (Wildman–Crippen LogP) is 1.47. The van der Waals surface area contributed by atoms with Gasteiger partial charge in [-0.3, -0.25) is 14.3 Å². The number of hydrogen-bond acceptors (Lipinski definition) is 7. The summed E-state index contributed by atoms with van der Waals surface area (Å²) in [5, 5.41) is 10.3. The number of aliphatic hydroxyl groups is 1. The van der Waals surface area contributed by atoms with Gasteiger partial charge < -0.3 is 19.5 Å². The number of benzene rings is 1. The fraction of sp³-hybridized carbons (Fsp3) is 0.350. The maximum atomic E-state index is 12.3. The third kappa shape index (κ3) is 4.89. The first kappa shape index (κ1) is 22.0. The summed E-state index contributed by atoms with van der Waals surface area (Å²) < 4.78 is 12.2. The van der Waals surface area contributed by atoms with E-state index in [9.17, 15) is 19.5 Å². The topological polar surface area (TPSA) is 114 Å². The molecule has 0 bridgehead atoms. The van der Waals surface area contributed by atoms with Crippen molar-refractivity contribution in [3.8, 4) is 0 Å². The van der Waals surface area contributed by atoms with Gasteiger partial charge >= 0.3 is 11.7 Å². The molecule has 1 aromatic carbocycles. The summed E-state index contributed by atoms with van der Waals surface area (Å²) in [5.41, 5.74) is 0.400. The maximum absolute atomic E-state index is 12.3. The van der Waals surface area contributed by atoms with Gasteiger partial charge in [-0.1, -0.05) is 15.9 Å². The molecule has 0 amide bonds. The molecule has 1 aliphatic heterocycles. The van der Waals surface area contributed by atoms with Crippen LogP contribution in [0.15, 0.2) is 45.0 Å². The SMILES string of the molecule is CN(C)c1ccc(C(=O)OC[C@H]2O[C@@H](n3cc(/C=C/Br)c(=O)[nH]c3=O)C[C@@H]2O)cc1. The zero-order valence-electron chi connectivity index (χ0n) is 16.4. The van der Waals surface area contributed by atoms with Crippen LogP contribution < -0.4 is 16.1 Å². The van der Waals surface area contributed by atoms with E-state index in [4.69, 9.17) is 9.47 Å². The first-order valence-electron chi connectivity index (χ1n) is 9.20. The molecule has 1 saturated heterocycles. The van der Waals surface area contributed by atoms with E-state index in [1.165, 1.54) is 21.8 Å². The second-order valence-electron chi connectivity index (χ2n) is 7.02. The Morgan fingerprint density at radius 3 is 2.70 bits per heavy atom. The van der Waals surface area contributed by atoms with Crippen molar-refractivity contribution in [2.75, 3.05) is 25.6 Å². The Labute approximate surface area is 180 Å². The molecule has 0 spiro atoms. The van der Waals surface area contributed by atoms with Gasteiger partial charge in [-0.15, -0.1) is 0 Å². The molecule has 10 heteroatoms. The smallest absolute Gasteiger partial charge is 0.338 e. The monoisotopic (exact) mass is 479 g/mol. The Morgan fingerprint density at radius 2 is 2.07 bits per heavy atom. The lowest BCUT2D eigenvalue weighted by atomic mass is 10.2. The van der Waals surface area contributed by atoms with Crippen molar-refractivity contribution in [1.82, 2.24) is 9.55 Å². The minimum absolute atomic E-state index is 0.114. The van der Waals surface area contributed by atoms with Crippen LogP contribution in [0.25, 0.3) is 6.08 Å². The van der Waals surface area contributed by atoms with Crippen molar-refractivity contribution in [2.24, 2.45) is 0 Å². The molecule has 160 valence electrons. The van der Waals surface area contributed by atoms with Crippen molar-refractivity contribution in [3.05, 3.63) is 67.4 Å². The number of nitrogens with zero attached hydrogens (tertiary/aromatic N) is 2. The summed E-state index contributed by atoms with van der Waals surface area (Å²) >= 11 is 3.09. The average Bonchev–Trinajstić information content (AvgIpc) is 3.08. The van der Waals surface area contributed by atoms with Gasteiger partial charge in [-0.05, 0) is 35.3 Å². The summed E-state index contributed by atoms with van der Waals surface area (Å²) in [4.78, 5) is 41.8. The number of hydrogen-bond donors (Lipinski definition) is 2. The van der Waals surface area contributed by atoms with Gasteiger partial charge in [0.15, 0.2) is 0 Å². The highest BCUT2D eigenvalue weighted by Crippen LogP contribution is 2.28. The van der Waals surface area contributed by atoms with Gasteiger partial charge in [0.2, 0.25) is 0 Å². The first-order chi connectivity index (χ1) is 14.3. The van der Waals surface area contributed by atoms with Crippen LogP contribution in [0, 0.1) is 0 Å². The second kappa shape index (κ2) is 9.41. The Morgan fingerprint density at radius 1 is 1.37 bits per heavy atom. The number of anilines is 1. The van der Waals surface area contributed by atoms with E-state index in [1.54, 1.807) is 24.3 Å². The third-order valence-electron chi connectivity index (χ3n) is 4.75. The Kier molecular flexibility index (Phi) is 6.91. The number of aromatic nitrogens is 2. The molecule has 0 aliphatic carbocycles. The average molecular weight is 480 g/mol. The van der Waals surface area contributed by atoms with Crippen LogP contribution in [0.5, 0.6) is 0 Å². The minimum atomic E-state index is -0.937. The van der Waals surface area contributed by atoms with Crippen LogP contribution >= 0.6 is 15.9 Å². The number of esters is 1. The zero-order chi connectivity index (χ0) is 21.8. The van der Waals surface area contributed by atoms with Crippen LogP contribution in [-0.4, -0.2) is 53.5 Å². The van der Waals surface area contributed by atoms with E-state index in [1.807, 2.05) is 19.0 Å². The molecule has 2 aromatic rings. The van der Waals surface area contributed by atoms with Crippen molar-refractivity contribution < 1.29 is 19.4 Å². The normalized spacial score (nSPS) is 21.1. The number of H-pyrrole nitrogens is 1. The lowest BCUT2D eigenvalue weighted by Gasteiger charge is -2.17. The van der Waals surface area contributed by atoms with Gasteiger partial charge in [-0.2, -0.15) is 0 Å². The highest BCUT2D eigenvalue weighted by atomic mass is 79.9. The molecule has 1 fully saturated rings. The number of aromatic amines is 1. The van der Waals surface area contributed by atoms with E-state index in [0.29, 0.717) is 5.56 Å². The molecule has 2 N–H and O–H groups in total. The van der Waals surface area contributed by atoms with Crippen LogP contribution in [0.3, 0.4) is 0 Å². The number of ether oxygens (including phenoxy) is 2. The molecule has 0 radical (unpaired) electrons. The molecule has 0 saturated carbocycles. The van der Waals surface area contributed by atoms with E-state index < -0.39 is 35.7 Å². The molecule has 3 atom stereocenters. The molecular weight excluding hydrogens is 458 g/mol. The van der Waals surface area contributed by atoms with E-state index >= 15 is 0 Å². The number of rotatable bonds is 6. The van der Waals surface area contributed by atoms with Crippen molar-refractivity contribution >= 4 is 33.7 Å². The molecular formula is C20H22BrN3O6. The summed E-state index contributed by atoms with van der Waals surface area (Å²) in [5.74, 6) is -0.537. The molecule has 9 nitrogen and oxygen atoms in total. The third-order valence-corrected chi connectivity index (χ3v) is 5.01. The van der Waals surface area contributed by atoms with E-state index in [2.05, 4.69) is 20.9 Å². The summed E-state index contributed by atoms with van der Waals surface area (Å²) in [7, 11) is 3.80. The quantitative estimate of drug-likeness (QED) is 0.602. The number of halogens is 1. The van der Waals surface area contributed by atoms with Gasteiger partial charge in [0, 0.05) is 32.4 Å². The number of carbonyl (C=O) groups excluding carboxylic acids is 1. The van der Waals surface area contributed by atoms with Crippen LogP contribution in [-0.2, 0) is 9.47 Å². The number of aliphatic hydroxyl groups excluding tert-OH is 1. The standard InChI is InChI=1S/C20H22BrN3O6/c1-23(2)14-5-3-12(4-6-14)19(27)29-11-16-15(25)9-17(30-16)24-10-13(7-8-21)18(26)22-20(24)28/h3-8,10,15-17,25H,9,11H2,1-2H3,(H,22,26,28)/b8-7+/t15-,16+,17+/m0/s1. The van der Waals surface area contributed by atoms with Crippen molar-refractivity contribution in [2.45, 2.75) is 24.9 Å². The van der Waals surface area contributed by atoms with E-state index in [0.717, 1.165) is 5.69 Å². The largest absolute Gasteiger partial charge is 0.459 e. The van der Waals surface area contributed by atoms with Crippen molar-refractivity contribution in [1.29, 1.82) is 0 Å². The summed E-state index contributed by atoms with van der Waals surface area (Å²) in [6.07, 6.45) is 0.429. The molecule has 2 heterocycles. The van der Waals surface area contributed by atoms with Crippen LogP contribution in [0.4, 0.5) is 5.69 Å². The fourth-order valence-corrected chi connectivity index (χ4v) is 3.36. The summed E-state index contributed by atoms with van der Waals surface area (Å²) in [6.45, 7) is -0.168.